The monoisotopic (exact) mass is 629 g/mol. The van der Waals surface area contributed by atoms with Crippen molar-refractivity contribution in [1.82, 2.24) is 9.13 Å². The highest BCUT2D eigenvalue weighted by molar-refractivity contribution is 6.36. The molecule has 0 saturated heterocycles. The number of carbonyl (C=O) groups is 2. The molecule has 3 heterocycles. The van der Waals surface area contributed by atoms with Crippen LogP contribution >= 0.6 is 11.6 Å². The Kier molecular flexibility index (Phi) is 6.83. The molecule has 1 aromatic heterocycles. The SMILES string of the molecule is COc1cc(OC)c2c(c1Cl)O[C@@]1(C(=O)C3=C(C[C@H]1C)Nc1c(c(=O)n(C)c(=O)n1C)[C@@H]3c1cccc(OC(F)F)c1)C2=O. The fourth-order valence-corrected chi connectivity index (χ4v) is 6.66. The smallest absolute Gasteiger partial charge is 0.387 e. The molecule has 44 heavy (non-hydrogen) atoms. The number of carbonyl (C=O) groups excluding carboxylic acids is 2. The van der Waals surface area contributed by atoms with Crippen molar-refractivity contribution in [3.8, 4) is 23.0 Å². The minimum Gasteiger partial charge on any atom is -0.496 e. The molecule has 3 atom stereocenters. The zero-order valence-electron chi connectivity index (χ0n) is 24.1. The molecule has 2 aliphatic heterocycles. The van der Waals surface area contributed by atoms with Gasteiger partial charge in [-0.2, -0.15) is 8.78 Å². The number of methoxy groups -OCH3 is 2. The van der Waals surface area contributed by atoms with Gasteiger partial charge in [0, 0.05) is 43.3 Å². The van der Waals surface area contributed by atoms with Gasteiger partial charge in [-0.05, 0) is 24.1 Å². The Morgan fingerprint density at radius 1 is 1.05 bits per heavy atom. The highest BCUT2D eigenvalue weighted by Gasteiger charge is 2.63. The fraction of sp³-hybridized carbons (Fsp3) is 0.333. The van der Waals surface area contributed by atoms with Crippen molar-refractivity contribution in [2.75, 3.05) is 19.5 Å². The van der Waals surface area contributed by atoms with Crippen LogP contribution in [0.3, 0.4) is 0 Å². The molecule has 0 unspecified atom stereocenters. The van der Waals surface area contributed by atoms with Crippen molar-refractivity contribution >= 4 is 29.0 Å². The first-order valence-corrected chi connectivity index (χ1v) is 13.8. The minimum atomic E-state index is -3.13. The average molecular weight is 630 g/mol. The topological polar surface area (TPSA) is 127 Å². The molecule has 0 amide bonds. The number of alkyl halides is 2. The Labute approximate surface area is 253 Å². The second kappa shape index (κ2) is 10.2. The molecule has 230 valence electrons. The predicted octanol–water partition coefficient (Wildman–Crippen LogP) is 3.79. The van der Waals surface area contributed by atoms with E-state index in [2.05, 4.69) is 10.1 Å². The Hall–Kier alpha value is -4.65. The summed E-state index contributed by atoms with van der Waals surface area (Å²) in [5, 5.41) is 3.07. The number of halogens is 3. The van der Waals surface area contributed by atoms with E-state index < -0.39 is 46.9 Å². The Morgan fingerprint density at radius 2 is 1.75 bits per heavy atom. The highest BCUT2D eigenvalue weighted by Crippen LogP contribution is 2.56. The van der Waals surface area contributed by atoms with E-state index in [1.54, 1.807) is 13.0 Å². The van der Waals surface area contributed by atoms with Crippen molar-refractivity contribution in [2.45, 2.75) is 31.5 Å². The second-order valence-corrected chi connectivity index (χ2v) is 11.1. The van der Waals surface area contributed by atoms with E-state index in [9.17, 15) is 28.0 Å². The molecule has 1 N–H and O–H groups in total. The number of fused-ring (bicyclic) bond motifs is 2. The van der Waals surface area contributed by atoms with Gasteiger partial charge in [-0.25, -0.2) is 4.79 Å². The highest BCUT2D eigenvalue weighted by atomic mass is 35.5. The predicted molar refractivity (Wildman–Crippen MR) is 154 cm³/mol. The minimum absolute atomic E-state index is 0.000780. The van der Waals surface area contributed by atoms with Crippen molar-refractivity contribution in [3.05, 3.63) is 84.2 Å². The number of rotatable bonds is 5. The van der Waals surface area contributed by atoms with Crippen LogP contribution in [0.5, 0.6) is 23.0 Å². The van der Waals surface area contributed by atoms with E-state index in [1.165, 1.54) is 57.1 Å². The van der Waals surface area contributed by atoms with E-state index in [0.29, 0.717) is 5.70 Å². The Bertz CT molecular complexity index is 1930. The molecule has 1 spiro atoms. The van der Waals surface area contributed by atoms with Crippen LogP contribution in [0.2, 0.25) is 5.02 Å². The molecule has 2 aromatic carbocycles. The number of anilines is 1. The zero-order chi connectivity index (χ0) is 31.8. The quantitative estimate of drug-likeness (QED) is 0.420. The van der Waals surface area contributed by atoms with Gasteiger partial charge in [0.15, 0.2) is 5.75 Å². The van der Waals surface area contributed by atoms with Crippen molar-refractivity contribution in [3.63, 3.8) is 0 Å². The van der Waals surface area contributed by atoms with Crippen LogP contribution in [0.4, 0.5) is 14.6 Å². The van der Waals surface area contributed by atoms with Gasteiger partial charge in [-0.15, -0.1) is 0 Å². The Morgan fingerprint density at radius 3 is 2.41 bits per heavy atom. The maximum absolute atomic E-state index is 14.9. The number of Topliss-reactive ketones (excluding diaryl/α,β-unsaturated/α-hetero) is 2. The number of allylic oxidation sites excluding steroid dienone is 1. The van der Waals surface area contributed by atoms with Crippen molar-refractivity contribution in [2.24, 2.45) is 20.0 Å². The molecule has 14 heteroatoms. The number of ether oxygens (including phenoxy) is 4. The number of hydrogen-bond donors (Lipinski definition) is 1. The fourth-order valence-electron chi connectivity index (χ4n) is 6.39. The summed E-state index contributed by atoms with van der Waals surface area (Å²) in [7, 11) is 5.47. The first-order valence-electron chi connectivity index (χ1n) is 13.4. The van der Waals surface area contributed by atoms with E-state index in [0.717, 1.165) is 4.57 Å². The largest absolute Gasteiger partial charge is 0.496 e. The van der Waals surface area contributed by atoms with Gasteiger partial charge >= 0.3 is 12.3 Å². The van der Waals surface area contributed by atoms with Gasteiger partial charge in [0.2, 0.25) is 17.2 Å². The van der Waals surface area contributed by atoms with Gasteiger partial charge in [-0.1, -0.05) is 30.7 Å². The number of benzene rings is 2. The lowest BCUT2D eigenvalue weighted by Gasteiger charge is -2.42. The molecule has 1 aliphatic carbocycles. The van der Waals surface area contributed by atoms with Crippen LogP contribution in [0, 0.1) is 5.92 Å². The number of hydrogen-bond acceptors (Lipinski definition) is 9. The lowest BCUT2D eigenvalue weighted by Crippen LogP contribution is -2.58. The first kappa shape index (κ1) is 29.4. The summed E-state index contributed by atoms with van der Waals surface area (Å²) >= 11 is 6.56. The third kappa shape index (κ3) is 3.91. The summed E-state index contributed by atoms with van der Waals surface area (Å²) in [6.45, 7) is -1.47. The molecular weight excluding hydrogens is 604 g/mol. The van der Waals surface area contributed by atoms with Crippen molar-refractivity contribution < 1.29 is 37.3 Å². The van der Waals surface area contributed by atoms with Crippen LogP contribution in [0.25, 0.3) is 0 Å². The van der Waals surface area contributed by atoms with Gasteiger partial charge in [0.25, 0.3) is 5.56 Å². The third-order valence-electron chi connectivity index (χ3n) is 8.49. The summed E-state index contributed by atoms with van der Waals surface area (Å²) in [5.74, 6) is -3.32. The molecule has 0 bridgehead atoms. The average Bonchev–Trinajstić information content (AvgIpc) is 3.31. The number of aromatic nitrogens is 2. The summed E-state index contributed by atoms with van der Waals surface area (Å²) < 4.78 is 50.1. The first-order chi connectivity index (χ1) is 20.9. The lowest BCUT2D eigenvalue weighted by molar-refractivity contribution is -0.130. The standard InChI is InChI=1S/C30H26ClF2N3O8/c1-12-9-15-19(24(37)30(12)25(38)20-16(41-4)11-17(42-5)22(31)23(20)44-30)18(13-7-6-8-14(10-13)43-28(32)33)21-26(34-15)35(2)29(40)36(3)27(21)39/h6-8,10-12,18,28,34H,9H2,1-5H3/t12-,18-,30+/m1/s1. The molecule has 0 radical (unpaired) electrons. The molecular formula is C30H26ClF2N3O8. The van der Waals surface area contributed by atoms with Gasteiger partial charge in [0.1, 0.15) is 33.7 Å². The molecule has 6 rings (SSSR count). The van der Waals surface area contributed by atoms with Gasteiger partial charge in [-0.3, -0.25) is 23.5 Å². The van der Waals surface area contributed by atoms with Crippen LogP contribution in [-0.2, 0) is 18.9 Å². The van der Waals surface area contributed by atoms with Crippen LogP contribution < -0.4 is 35.5 Å². The lowest BCUT2D eigenvalue weighted by atomic mass is 9.66. The van der Waals surface area contributed by atoms with Gasteiger partial charge in [0.05, 0.1) is 19.8 Å². The molecule has 3 aromatic rings. The number of nitrogens with zero attached hydrogens (tertiary/aromatic N) is 2. The maximum atomic E-state index is 14.9. The molecule has 0 saturated carbocycles. The second-order valence-electron chi connectivity index (χ2n) is 10.8. The third-order valence-corrected chi connectivity index (χ3v) is 8.85. The number of ketones is 2. The summed E-state index contributed by atoms with van der Waals surface area (Å²) in [6.07, 6.45) is 0.0738. The molecule has 0 fully saturated rings. The zero-order valence-corrected chi connectivity index (χ0v) is 24.9. The summed E-state index contributed by atoms with van der Waals surface area (Å²) in [6, 6.07) is 7.00. The van der Waals surface area contributed by atoms with Crippen LogP contribution in [-0.4, -0.2) is 47.1 Å². The maximum Gasteiger partial charge on any atom is 0.387 e. The van der Waals surface area contributed by atoms with Crippen LogP contribution in [0.1, 0.15) is 40.7 Å². The summed E-state index contributed by atoms with van der Waals surface area (Å²) in [5.41, 5.74) is -2.89. The molecule has 3 aliphatic rings. The summed E-state index contributed by atoms with van der Waals surface area (Å²) in [4.78, 5) is 55.8. The van der Waals surface area contributed by atoms with E-state index in [4.69, 9.17) is 25.8 Å². The van der Waals surface area contributed by atoms with E-state index in [1.807, 2.05) is 0 Å². The van der Waals surface area contributed by atoms with E-state index in [-0.39, 0.29) is 62.5 Å². The molecule has 11 nitrogen and oxygen atoms in total. The Balaban J connectivity index is 1.61. The number of nitrogens with one attached hydrogen (secondary N) is 1. The normalized spacial score (nSPS) is 21.9. The van der Waals surface area contributed by atoms with E-state index >= 15 is 0 Å². The van der Waals surface area contributed by atoms with Crippen molar-refractivity contribution in [1.29, 1.82) is 0 Å². The van der Waals surface area contributed by atoms with Crippen LogP contribution in [0.15, 0.2) is 51.2 Å². The van der Waals surface area contributed by atoms with Gasteiger partial charge < -0.3 is 24.3 Å².